The van der Waals surface area contributed by atoms with Gasteiger partial charge in [-0.05, 0) is 79.6 Å². The highest BCUT2D eigenvalue weighted by Crippen LogP contribution is 2.25. The van der Waals surface area contributed by atoms with E-state index in [1.54, 1.807) is 36.4 Å². The minimum atomic E-state index is -0.765. The van der Waals surface area contributed by atoms with E-state index in [0.29, 0.717) is 16.4 Å². The lowest BCUT2D eigenvalue weighted by Gasteiger charge is -2.27. The van der Waals surface area contributed by atoms with Crippen LogP contribution < -0.4 is 10.2 Å². The van der Waals surface area contributed by atoms with E-state index in [9.17, 15) is 14.4 Å². The maximum atomic E-state index is 13.1. The number of benzene rings is 2. The van der Waals surface area contributed by atoms with E-state index in [1.807, 2.05) is 42.8 Å². The zero-order valence-electron chi connectivity index (χ0n) is 16.3. The summed E-state index contributed by atoms with van der Waals surface area (Å²) >= 11 is 5.96. The first-order valence-corrected chi connectivity index (χ1v) is 9.65. The first-order chi connectivity index (χ1) is 14.3. The van der Waals surface area contributed by atoms with Crippen LogP contribution in [0.4, 0.5) is 10.5 Å². The van der Waals surface area contributed by atoms with Crippen LogP contribution >= 0.6 is 11.6 Å². The van der Waals surface area contributed by atoms with Crippen LogP contribution in [0.25, 0.3) is 11.8 Å². The molecule has 7 heteroatoms. The maximum Gasteiger partial charge on any atom is 0.335 e. The van der Waals surface area contributed by atoms with Gasteiger partial charge >= 0.3 is 6.03 Å². The largest absolute Gasteiger partial charge is 0.335 e. The molecule has 0 unspecified atom stereocenters. The number of aryl methyl sites for hydroxylation is 2. The van der Waals surface area contributed by atoms with E-state index >= 15 is 0 Å². The van der Waals surface area contributed by atoms with Gasteiger partial charge in [-0.25, -0.2) is 9.69 Å². The van der Waals surface area contributed by atoms with Gasteiger partial charge in [-0.3, -0.25) is 14.9 Å². The molecule has 6 nitrogen and oxygen atoms in total. The molecule has 1 saturated heterocycles. The Morgan fingerprint density at radius 3 is 2.30 bits per heavy atom. The summed E-state index contributed by atoms with van der Waals surface area (Å²) < 4.78 is 1.82. The number of amides is 4. The number of rotatable bonds is 3. The lowest BCUT2D eigenvalue weighted by Crippen LogP contribution is -2.54. The standard InChI is InChI=1S/C23H18ClN3O3/c1-14-5-8-19(12-15(14)2)27-22(29)20(21(28)25-23(27)30)13-18-4-3-11-26(18)17-9-6-16(24)7-10-17/h3-13H,1-2H3,(H,25,28,30)/b20-13+. The summed E-state index contributed by atoms with van der Waals surface area (Å²) in [5.74, 6) is -1.40. The predicted octanol–water partition coefficient (Wildman–Crippen LogP) is 4.41. The number of anilines is 1. The SMILES string of the molecule is Cc1ccc(N2C(=O)NC(=O)/C(=C\c3cccn3-c3ccc(Cl)cc3)C2=O)cc1C. The molecule has 150 valence electrons. The lowest BCUT2D eigenvalue weighted by molar-refractivity contribution is -0.122. The number of hydrogen-bond donors (Lipinski definition) is 1. The minimum Gasteiger partial charge on any atom is -0.317 e. The van der Waals surface area contributed by atoms with E-state index in [-0.39, 0.29) is 5.57 Å². The fourth-order valence-corrected chi connectivity index (χ4v) is 3.38. The van der Waals surface area contributed by atoms with Gasteiger partial charge in [0.1, 0.15) is 5.57 Å². The van der Waals surface area contributed by atoms with Crippen LogP contribution in [0.3, 0.4) is 0 Å². The molecule has 1 fully saturated rings. The lowest BCUT2D eigenvalue weighted by atomic mass is 10.1. The molecule has 1 aliphatic heterocycles. The molecular formula is C23H18ClN3O3. The van der Waals surface area contributed by atoms with Crippen LogP contribution in [0.1, 0.15) is 16.8 Å². The average Bonchev–Trinajstić information content (AvgIpc) is 3.16. The Morgan fingerprint density at radius 2 is 1.60 bits per heavy atom. The number of carbonyl (C=O) groups excluding carboxylic acids is 3. The quantitative estimate of drug-likeness (QED) is 0.504. The highest BCUT2D eigenvalue weighted by Gasteiger charge is 2.37. The van der Waals surface area contributed by atoms with Crippen molar-refractivity contribution in [2.75, 3.05) is 4.90 Å². The first-order valence-electron chi connectivity index (χ1n) is 9.27. The molecule has 1 aromatic heterocycles. The monoisotopic (exact) mass is 419 g/mol. The molecule has 0 spiro atoms. The fraction of sp³-hybridized carbons (Fsp3) is 0.0870. The Bertz CT molecular complexity index is 1210. The van der Waals surface area contributed by atoms with Gasteiger partial charge in [-0.15, -0.1) is 0 Å². The van der Waals surface area contributed by atoms with E-state index in [4.69, 9.17) is 11.6 Å². The number of barbiturate groups is 1. The molecule has 4 rings (SSSR count). The van der Waals surface area contributed by atoms with Gasteiger partial charge in [0.05, 0.1) is 5.69 Å². The van der Waals surface area contributed by atoms with Crippen molar-refractivity contribution in [3.63, 3.8) is 0 Å². The highest BCUT2D eigenvalue weighted by atomic mass is 35.5. The average molecular weight is 420 g/mol. The summed E-state index contributed by atoms with van der Waals surface area (Å²) in [6, 6.07) is 15.3. The van der Waals surface area contributed by atoms with Crippen LogP contribution in [0, 0.1) is 13.8 Å². The van der Waals surface area contributed by atoms with Gasteiger partial charge in [0.2, 0.25) is 0 Å². The molecular weight excluding hydrogens is 402 g/mol. The molecule has 1 aliphatic rings. The second-order valence-electron chi connectivity index (χ2n) is 7.01. The third-order valence-corrected chi connectivity index (χ3v) is 5.28. The highest BCUT2D eigenvalue weighted by molar-refractivity contribution is 6.39. The molecule has 4 amide bonds. The summed E-state index contributed by atoms with van der Waals surface area (Å²) in [5.41, 5.74) is 3.70. The summed E-state index contributed by atoms with van der Waals surface area (Å²) in [6.07, 6.45) is 3.29. The molecule has 1 N–H and O–H groups in total. The number of imide groups is 2. The van der Waals surface area contributed by atoms with Crippen molar-refractivity contribution >= 4 is 41.2 Å². The van der Waals surface area contributed by atoms with Gasteiger partial charge < -0.3 is 4.57 Å². The van der Waals surface area contributed by atoms with Gasteiger partial charge in [-0.1, -0.05) is 17.7 Å². The Balaban J connectivity index is 1.74. The maximum absolute atomic E-state index is 13.1. The van der Waals surface area contributed by atoms with Gasteiger partial charge in [0, 0.05) is 22.6 Å². The second-order valence-corrected chi connectivity index (χ2v) is 7.44. The molecule has 0 radical (unpaired) electrons. The fourth-order valence-electron chi connectivity index (χ4n) is 3.25. The van der Waals surface area contributed by atoms with Crippen molar-refractivity contribution in [2.45, 2.75) is 13.8 Å². The van der Waals surface area contributed by atoms with Crippen molar-refractivity contribution in [1.82, 2.24) is 9.88 Å². The first kappa shape index (κ1) is 19.7. The Kier molecular flexibility index (Phi) is 5.01. The molecule has 0 saturated carbocycles. The number of halogens is 1. The van der Waals surface area contributed by atoms with Crippen molar-refractivity contribution in [2.24, 2.45) is 0 Å². The van der Waals surface area contributed by atoms with E-state index in [1.165, 1.54) is 6.08 Å². The second kappa shape index (κ2) is 7.65. The van der Waals surface area contributed by atoms with Crippen molar-refractivity contribution in [1.29, 1.82) is 0 Å². The van der Waals surface area contributed by atoms with Crippen molar-refractivity contribution in [3.8, 4) is 5.69 Å². The number of hydrogen-bond acceptors (Lipinski definition) is 3. The molecule has 0 bridgehead atoms. The number of carbonyl (C=O) groups is 3. The van der Waals surface area contributed by atoms with Crippen molar-refractivity contribution < 1.29 is 14.4 Å². The number of nitrogens with zero attached hydrogens (tertiary/aromatic N) is 2. The summed E-state index contributed by atoms with van der Waals surface area (Å²) in [5, 5.41) is 2.86. The van der Waals surface area contributed by atoms with Crippen LogP contribution in [-0.2, 0) is 9.59 Å². The molecule has 0 atom stereocenters. The van der Waals surface area contributed by atoms with E-state index in [2.05, 4.69) is 5.32 Å². The molecule has 3 aromatic rings. The van der Waals surface area contributed by atoms with Crippen LogP contribution in [0.5, 0.6) is 0 Å². The topological polar surface area (TPSA) is 71.4 Å². The third kappa shape index (κ3) is 3.53. The zero-order valence-corrected chi connectivity index (χ0v) is 17.1. The summed E-state index contributed by atoms with van der Waals surface area (Å²) in [7, 11) is 0. The predicted molar refractivity (Wildman–Crippen MR) is 116 cm³/mol. The molecule has 30 heavy (non-hydrogen) atoms. The number of aromatic nitrogens is 1. The normalized spacial score (nSPS) is 15.6. The smallest absolute Gasteiger partial charge is 0.317 e. The van der Waals surface area contributed by atoms with Crippen LogP contribution in [-0.4, -0.2) is 22.4 Å². The minimum absolute atomic E-state index is 0.123. The third-order valence-electron chi connectivity index (χ3n) is 5.03. The Hall–Kier alpha value is -3.64. The summed E-state index contributed by atoms with van der Waals surface area (Å²) in [6.45, 7) is 3.84. The molecule has 2 heterocycles. The van der Waals surface area contributed by atoms with Crippen LogP contribution in [0.2, 0.25) is 5.02 Å². The number of nitrogens with one attached hydrogen (secondary N) is 1. The van der Waals surface area contributed by atoms with Gasteiger partial charge in [0.15, 0.2) is 0 Å². The molecule has 2 aromatic carbocycles. The summed E-state index contributed by atoms with van der Waals surface area (Å²) in [4.78, 5) is 39.0. The van der Waals surface area contributed by atoms with E-state index < -0.39 is 17.8 Å². The molecule has 0 aliphatic carbocycles. The Morgan fingerprint density at radius 1 is 0.900 bits per heavy atom. The number of urea groups is 1. The van der Waals surface area contributed by atoms with Crippen molar-refractivity contribution in [3.05, 3.63) is 88.2 Å². The van der Waals surface area contributed by atoms with Gasteiger partial charge in [0.25, 0.3) is 11.8 Å². The Labute approximate surface area is 178 Å². The zero-order chi connectivity index (χ0) is 21.4. The van der Waals surface area contributed by atoms with E-state index in [0.717, 1.165) is 21.7 Å². The van der Waals surface area contributed by atoms with Crippen LogP contribution in [0.15, 0.2) is 66.4 Å². The van der Waals surface area contributed by atoms with Gasteiger partial charge in [-0.2, -0.15) is 0 Å².